The Bertz CT molecular complexity index is 463. The van der Waals surface area contributed by atoms with Gasteiger partial charge in [-0.15, -0.1) is 0 Å². The third-order valence-corrected chi connectivity index (χ3v) is 1.71. The molecule has 2 aromatic rings. The van der Waals surface area contributed by atoms with Crippen LogP contribution >= 0.6 is 0 Å². The molecular formula is C10H3F3. The maximum atomic E-state index is 13.0. The van der Waals surface area contributed by atoms with E-state index in [2.05, 4.69) is 6.07 Å². The Balaban J connectivity index is 2.94. The van der Waals surface area contributed by atoms with Gasteiger partial charge >= 0.3 is 0 Å². The summed E-state index contributed by atoms with van der Waals surface area (Å²) < 4.78 is 38.5. The first-order chi connectivity index (χ1) is 6.18. The highest BCUT2D eigenvalue weighted by atomic mass is 19.1. The summed E-state index contributed by atoms with van der Waals surface area (Å²) in [5.74, 6) is -2.61. The first kappa shape index (κ1) is 8.10. The Morgan fingerprint density at radius 3 is 2.62 bits per heavy atom. The van der Waals surface area contributed by atoms with E-state index in [1.165, 1.54) is 6.07 Å². The lowest BCUT2D eigenvalue weighted by Crippen LogP contribution is -1.87. The van der Waals surface area contributed by atoms with Crippen molar-refractivity contribution in [3.8, 4) is 0 Å². The lowest BCUT2D eigenvalue weighted by molar-refractivity contribution is 0.578. The zero-order valence-electron chi connectivity index (χ0n) is 6.37. The van der Waals surface area contributed by atoms with Crippen molar-refractivity contribution in [2.45, 2.75) is 0 Å². The summed E-state index contributed by atoms with van der Waals surface area (Å²) in [6, 6.07) is 7.53. The summed E-state index contributed by atoms with van der Waals surface area (Å²) in [5, 5.41) is -0.103. The van der Waals surface area contributed by atoms with E-state index < -0.39 is 17.5 Å². The lowest BCUT2D eigenvalue weighted by atomic mass is 10.1. The summed E-state index contributed by atoms with van der Waals surface area (Å²) >= 11 is 0. The summed E-state index contributed by atoms with van der Waals surface area (Å²) in [6.45, 7) is 0. The minimum Gasteiger partial charge on any atom is -0.206 e. The molecule has 0 spiro atoms. The molecule has 0 aliphatic carbocycles. The summed E-state index contributed by atoms with van der Waals surface area (Å²) in [7, 11) is 0. The van der Waals surface area contributed by atoms with Gasteiger partial charge in [0, 0.05) is 0 Å². The van der Waals surface area contributed by atoms with Crippen molar-refractivity contribution in [2.75, 3.05) is 0 Å². The van der Waals surface area contributed by atoms with Crippen LogP contribution in [0.15, 0.2) is 18.2 Å². The predicted molar refractivity (Wildman–Crippen MR) is 41.5 cm³/mol. The maximum absolute atomic E-state index is 13.0. The third-order valence-electron chi connectivity index (χ3n) is 1.71. The summed E-state index contributed by atoms with van der Waals surface area (Å²) in [4.78, 5) is 0. The van der Waals surface area contributed by atoms with Crippen molar-refractivity contribution in [1.29, 1.82) is 0 Å². The molecule has 2 aromatic carbocycles. The topological polar surface area (TPSA) is 0 Å². The average molecular weight is 180 g/mol. The molecule has 0 aliphatic rings. The maximum Gasteiger partial charge on any atom is 0.144 e. The van der Waals surface area contributed by atoms with Crippen LogP contribution in [0, 0.1) is 29.6 Å². The highest BCUT2D eigenvalue weighted by Crippen LogP contribution is 2.21. The first-order valence-electron chi connectivity index (χ1n) is 3.55. The second-order valence-corrected chi connectivity index (χ2v) is 2.56. The molecule has 64 valence electrons. The van der Waals surface area contributed by atoms with Gasteiger partial charge in [-0.3, -0.25) is 0 Å². The van der Waals surface area contributed by atoms with Gasteiger partial charge in [-0.1, -0.05) is 0 Å². The van der Waals surface area contributed by atoms with Crippen LogP contribution in [-0.4, -0.2) is 0 Å². The van der Waals surface area contributed by atoms with E-state index >= 15 is 0 Å². The molecule has 2 radical (unpaired) electrons. The molecule has 0 saturated heterocycles. The van der Waals surface area contributed by atoms with Crippen LogP contribution < -0.4 is 0 Å². The molecule has 0 aliphatic heterocycles. The van der Waals surface area contributed by atoms with Crippen molar-refractivity contribution < 1.29 is 13.2 Å². The Hall–Kier alpha value is -1.51. The van der Waals surface area contributed by atoms with Crippen molar-refractivity contribution in [2.24, 2.45) is 0 Å². The quantitative estimate of drug-likeness (QED) is 0.584. The van der Waals surface area contributed by atoms with Gasteiger partial charge in [0.1, 0.15) is 17.5 Å². The Kier molecular flexibility index (Phi) is 1.72. The third kappa shape index (κ3) is 1.26. The van der Waals surface area contributed by atoms with Gasteiger partial charge in [0.2, 0.25) is 0 Å². The van der Waals surface area contributed by atoms with Gasteiger partial charge in [0.05, 0.1) is 11.5 Å². The number of rotatable bonds is 0. The zero-order chi connectivity index (χ0) is 9.42. The monoisotopic (exact) mass is 180 g/mol. The van der Waals surface area contributed by atoms with Crippen LogP contribution in [0.3, 0.4) is 0 Å². The van der Waals surface area contributed by atoms with Gasteiger partial charge in [-0.25, -0.2) is 13.2 Å². The van der Waals surface area contributed by atoms with Crippen LogP contribution in [0.5, 0.6) is 0 Å². The molecule has 0 amide bonds. The molecule has 0 N–H and O–H groups in total. The number of halogens is 3. The van der Waals surface area contributed by atoms with Gasteiger partial charge in [0.25, 0.3) is 0 Å². The van der Waals surface area contributed by atoms with Crippen molar-refractivity contribution in [3.63, 3.8) is 0 Å². The second kappa shape index (κ2) is 2.76. The Morgan fingerprint density at radius 2 is 1.85 bits per heavy atom. The fourth-order valence-electron chi connectivity index (χ4n) is 1.17. The number of benzene rings is 2. The van der Waals surface area contributed by atoms with E-state index in [-0.39, 0.29) is 10.8 Å². The zero-order valence-corrected chi connectivity index (χ0v) is 6.37. The predicted octanol–water partition coefficient (Wildman–Crippen LogP) is 2.86. The van der Waals surface area contributed by atoms with Gasteiger partial charge in [-0.2, -0.15) is 0 Å². The molecule has 13 heavy (non-hydrogen) atoms. The van der Waals surface area contributed by atoms with Crippen LogP contribution in [0.2, 0.25) is 0 Å². The van der Waals surface area contributed by atoms with Crippen molar-refractivity contribution >= 4 is 10.8 Å². The fraction of sp³-hybridized carbons (Fsp3) is 0. The Morgan fingerprint density at radius 1 is 1.08 bits per heavy atom. The molecule has 0 fully saturated rings. The average Bonchev–Trinajstić information content (AvgIpc) is 2.02. The van der Waals surface area contributed by atoms with Crippen molar-refractivity contribution in [1.82, 2.24) is 0 Å². The Labute approximate surface area is 72.6 Å². The lowest BCUT2D eigenvalue weighted by Gasteiger charge is -1.99. The molecule has 0 nitrogen and oxygen atoms in total. The van der Waals surface area contributed by atoms with E-state index in [4.69, 9.17) is 0 Å². The fourth-order valence-corrected chi connectivity index (χ4v) is 1.17. The van der Waals surface area contributed by atoms with Gasteiger partial charge in [0.15, 0.2) is 0 Å². The number of fused-ring (bicyclic) bond motifs is 1. The molecule has 0 saturated carbocycles. The highest BCUT2D eigenvalue weighted by molar-refractivity contribution is 5.83. The van der Waals surface area contributed by atoms with Crippen LogP contribution in [0.25, 0.3) is 10.8 Å². The van der Waals surface area contributed by atoms with Gasteiger partial charge < -0.3 is 0 Å². The highest BCUT2D eigenvalue weighted by Gasteiger charge is 2.08. The molecule has 0 unspecified atom stereocenters. The van der Waals surface area contributed by atoms with E-state index in [9.17, 15) is 13.2 Å². The molecule has 0 heterocycles. The standard InChI is InChI=1S/C10H3F3/c11-7-4-6-2-1-3-8(12)10(6)9(13)5-7/h2-4H. The number of hydrogen-bond acceptors (Lipinski definition) is 0. The molecule has 0 atom stereocenters. The molecule has 3 heteroatoms. The van der Waals surface area contributed by atoms with E-state index in [1.807, 2.05) is 0 Å². The molecule has 0 aromatic heterocycles. The molecular weight excluding hydrogens is 177 g/mol. The van der Waals surface area contributed by atoms with Crippen molar-refractivity contribution in [3.05, 3.63) is 47.8 Å². The van der Waals surface area contributed by atoms with Gasteiger partial charge in [-0.05, 0) is 29.7 Å². The molecule has 2 rings (SSSR count). The largest absolute Gasteiger partial charge is 0.206 e. The number of hydrogen-bond donors (Lipinski definition) is 0. The van der Waals surface area contributed by atoms with Crippen LogP contribution in [0.4, 0.5) is 13.2 Å². The van der Waals surface area contributed by atoms with E-state index in [0.717, 1.165) is 12.1 Å². The van der Waals surface area contributed by atoms with Crippen LogP contribution in [0.1, 0.15) is 0 Å². The molecule has 0 bridgehead atoms. The SMILES string of the molecule is Fc1[c]c(F)c2c(F)c[c]cc2c1. The minimum atomic E-state index is -1.01. The smallest absolute Gasteiger partial charge is 0.144 e. The van der Waals surface area contributed by atoms with E-state index in [1.54, 1.807) is 6.07 Å². The first-order valence-corrected chi connectivity index (χ1v) is 3.55. The van der Waals surface area contributed by atoms with E-state index in [0.29, 0.717) is 0 Å². The second-order valence-electron chi connectivity index (χ2n) is 2.56. The minimum absolute atomic E-state index is 0.147. The summed E-state index contributed by atoms with van der Waals surface area (Å²) in [6.07, 6.45) is 0. The summed E-state index contributed by atoms with van der Waals surface area (Å²) in [5.41, 5.74) is 0. The van der Waals surface area contributed by atoms with Crippen LogP contribution in [-0.2, 0) is 0 Å². The normalized spacial score (nSPS) is 10.7.